The van der Waals surface area contributed by atoms with E-state index in [2.05, 4.69) is 33.8 Å². The molecule has 0 spiro atoms. The molecule has 0 heterocycles. The van der Waals surface area contributed by atoms with Crippen molar-refractivity contribution < 1.29 is 14.3 Å². The molecule has 4 rings (SSSR count). The average Bonchev–Trinajstić information content (AvgIpc) is 2.83. The Balaban J connectivity index is 1.73. The van der Waals surface area contributed by atoms with Gasteiger partial charge in [0.1, 0.15) is 11.9 Å². The highest BCUT2D eigenvalue weighted by molar-refractivity contribution is 5.83. The maximum absolute atomic E-state index is 12.8. The Morgan fingerprint density at radius 3 is 2.46 bits per heavy atom. The number of allylic oxidation sites excluding steroid dienone is 1. The van der Waals surface area contributed by atoms with E-state index in [9.17, 15) is 9.59 Å². The zero-order chi connectivity index (χ0) is 20.5. The summed E-state index contributed by atoms with van der Waals surface area (Å²) >= 11 is 0. The number of fused-ring (bicyclic) bond motifs is 5. The summed E-state index contributed by atoms with van der Waals surface area (Å²) < 4.78 is 5.92. The minimum Gasteiger partial charge on any atom is -0.462 e. The molecule has 0 aliphatic heterocycles. The number of hydrogen-bond acceptors (Lipinski definition) is 3. The standard InChI is InChI=1S/C25H38O3/c1-15-14-21-19-11-10-18-8-7-9-22(28-17(3)27)24(18,5)20(19)12-13-23(21,4)25(15,6)16(2)26/h10,15,19-22H,7-9,11-14H2,1-6H3/t15-,19+,20+,21+,22+,23-,24+,25-/m0/s1. The number of carbonyl (C=O) groups excluding carboxylic acids is 2. The molecule has 4 aliphatic rings. The Hall–Kier alpha value is -1.12. The molecule has 0 N–H and O–H groups in total. The molecular weight excluding hydrogens is 348 g/mol. The van der Waals surface area contributed by atoms with Gasteiger partial charge < -0.3 is 4.74 Å². The third-order valence-corrected chi connectivity index (χ3v) is 10.3. The van der Waals surface area contributed by atoms with Gasteiger partial charge in [0.25, 0.3) is 0 Å². The number of carbonyl (C=O) groups is 2. The Morgan fingerprint density at radius 1 is 1.11 bits per heavy atom. The van der Waals surface area contributed by atoms with Gasteiger partial charge in [0.2, 0.25) is 0 Å². The molecular formula is C25H38O3. The molecule has 3 nitrogen and oxygen atoms in total. The molecule has 156 valence electrons. The van der Waals surface area contributed by atoms with Crippen LogP contribution in [0, 0.1) is 39.9 Å². The van der Waals surface area contributed by atoms with Gasteiger partial charge in [-0.1, -0.05) is 39.3 Å². The van der Waals surface area contributed by atoms with Gasteiger partial charge in [-0.3, -0.25) is 9.59 Å². The first-order valence-electron chi connectivity index (χ1n) is 11.4. The minimum atomic E-state index is -0.213. The summed E-state index contributed by atoms with van der Waals surface area (Å²) in [5, 5.41) is 0. The van der Waals surface area contributed by atoms with Crippen LogP contribution in [0.4, 0.5) is 0 Å². The van der Waals surface area contributed by atoms with E-state index in [4.69, 9.17) is 4.74 Å². The van der Waals surface area contributed by atoms with E-state index in [1.54, 1.807) is 6.92 Å². The first-order chi connectivity index (χ1) is 13.1. The van der Waals surface area contributed by atoms with Gasteiger partial charge in [-0.05, 0) is 81.0 Å². The van der Waals surface area contributed by atoms with Crippen LogP contribution in [0.3, 0.4) is 0 Å². The summed E-state index contributed by atoms with van der Waals surface area (Å²) in [5.41, 5.74) is 1.39. The Bertz CT molecular complexity index is 723. The topological polar surface area (TPSA) is 43.4 Å². The van der Waals surface area contributed by atoms with Crippen molar-refractivity contribution in [2.45, 2.75) is 92.6 Å². The lowest BCUT2D eigenvalue weighted by molar-refractivity contribution is -0.164. The summed E-state index contributed by atoms with van der Waals surface area (Å²) in [7, 11) is 0. The smallest absolute Gasteiger partial charge is 0.302 e. The van der Waals surface area contributed by atoms with E-state index in [0.29, 0.717) is 29.5 Å². The summed E-state index contributed by atoms with van der Waals surface area (Å²) in [6.45, 7) is 12.7. The second-order valence-corrected chi connectivity index (χ2v) is 11.0. The number of esters is 1. The lowest BCUT2D eigenvalue weighted by atomic mass is 9.45. The van der Waals surface area contributed by atoms with E-state index in [1.165, 1.54) is 5.57 Å². The molecule has 0 aromatic carbocycles. The van der Waals surface area contributed by atoms with Crippen molar-refractivity contribution in [3.05, 3.63) is 11.6 Å². The Labute approximate surface area is 170 Å². The second kappa shape index (κ2) is 6.44. The monoisotopic (exact) mass is 386 g/mol. The zero-order valence-electron chi connectivity index (χ0n) is 18.6. The largest absolute Gasteiger partial charge is 0.462 e. The van der Waals surface area contributed by atoms with Crippen LogP contribution < -0.4 is 0 Å². The third kappa shape index (κ3) is 2.40. The van der Waals surface area contributed by atoms with Gasteiger partial charge in [0.05, 0.1) is 0 Å². The lowest BCUT2D eigenvalue weighted by Gasteiger charge is -2.60. The van der Waals surface area contributed by atoms with E-state index >= 15 is 0 Å². The number of ether oxygens (including phenoxy) is 1. The molecule has 28 heavy (non-hydrogen) atoms. The van der Waals surface area contributed by atoms with E-state index in [0.717, 1.165) is 44.9 Å². The molecule has 3 fully saturated rings. The fourth-order valence-electron chi connectivity index (χ4n) is 8.40. The normalized spacial score (nSPS) is 50.1. The van der Waals surface area contributed by atoms with Crippen molar-refractivity contribution in [1.29, 1.82) is 0 Å². The molecule has 4 aliphatic carbocycles. The SMILES string of the molecule is CC(=O)O[C@@H]1CCCC2=CC[C@@H]3[C@@H](CC[C@@]4(C)[C@@H]3C[C@H](C)[C@@]4(C)C(C)=O)[C@@]21C. The predicted molar refractivity (Wildman–Crippen MR) is 111 cm³/mol. The fraction of sp³-hybridized carbons (Fsp3) is 0.840. The highest BCUT2D eigenvalue weighted by atomic mass is 16.5. The predicted octanol–water partition coefficient (Wildman–Crippen LogP) is 5.72. The maximum Gasteiger partial charge on any atom is 0.302 e. The third-order valence-electron chi connectivity index (χ3n) is 10.3. The van der Waals surface area contributed by atoms with E-state index < -0.39 is 0 Å². The fourth-order valence-corrected chi connectivity index (χ4v) is 8.40. The van der Waals surface area contributed by atoms with Crippen molar-refractivity contribution >= 4 is 11.8 Å². The molecule has 3 saturated carbocycles. The zero-order valence-corrected chi connectivity index (χ0v) is 18.6. The molecule has 0 aromatic rings. The molecule has 0 bridgehead atoms. The molecule has 0 radical (unpaired) electrons. The van der Waals surface area contributed by atoms with Crippen LogP contribution in [0.1, 0.15) is 86.5 Å². The second-order valence-electron chi connectivity index (χ2n) is 11.0. The van der Waals surface area contributed by atoms with Gasteiger partial charge in [0, 0.05) is 17.8 Å². The molecule has 0 unspecified atom stereocenters. The van der Waals surface area contributed by atoms with Crippen molar-refractivity contribution in [2.24, 2.45) is 39.9 Å². The minimum absolute atomic E-state index is 0.0140. The first-order valence-corrected chi connectivity index (χ1v) is 11.4. The number of Topliss-reactive ketones (excluding diaryl/α,β-unsaturated/α-hetero) is 1. The van der Waals surface area contributed by atoms with Crippen molar-refractivity contribution in [1.82, 2.24) is 0 Å². The van der Waals surface area contributed by atoms with Crippen LogP contribution in [0.15, 0.2) is 11.6 Å². The molecule has 3 heteroatoms. The van der Waals surface area contributed by atoms with Crippen LogP contribution in [0.5, 0.6) is 0 Å². The van der Waals surface area contributed by atoms with Crippen LogP contribution in [-0.4, -0.2) is 17.9 Å². The summed E-state index contributed by atoms with van der Waals surface area (Å²) in [6.07, 6.45) is 10.3. The van der Waals surface area contributed by atoms with Gasteiger partial charge >= 0.3 is 5.97 Å². The van der Waals surface area contributed by atoms with Gasteiger partial charge in [-0.15, -0.1) is 0 Å². The average molecular weight is 387 g/mol. The van der Waals surface area contributed by atoms with Crippen LogP contribution >= 0.6 is 0 Å². The quantitative estimate of drug-likeness (QED) is 0.450. The summed E-state index contributed by atoms with van der Waals surface area (Å²) in [4.78, 5) is 24.6. The lowest BCUT2D eigenvalue weighted by Crippen LogP contribution is -2.56. The summed E-state index contributed by atoms with van der Waals surface area (Å²) in [6, 6.07) is 0. The molecule has 0 saturated heterocycles. The van der Waals surface area contributed by atoms with Crippen LogP contribution in [-0.2, 0) is 14.3 Å². The molecule has 8 atom stereocenters. The van der Waals surface area contributed by atoms with E-state index in [1.807, 2.05) is 6.92 Å². The van der Waals surface area contributed by atoms with Crippen molar-refractivity contribution in [3.63, 3.8) is 0 Å². The Kier molecular flexibility index (Phi) is 4.64. The van der Waals surface area contributed by atoms with Crippen LogP contribution in [0.25, 0.3) is 0 Å². The van der Waals surface area contributed by atoms with E-state index in [-0.39, 0.29) is 28.3 Å². The Morgan fingerprint density at radius 2 is 1.82 bits per heavy atom. The van der Waals surface area contributed by atoms with Crippen molar-refractivity contribution in [2.75, 3.05) is 0 Å². The van der Waals surface area contributed by atoms with Crippen molar-refractivity contribution in [3.8, 4) is 0 Å². The maximum atomic E-state index is 12.8. The molecule has 0 aromatic heterocycles. The van der Waals surface area contributed by atoms with Gasteiger partial charge in [0.15, 0.2) is 0 Å². The highest BCUT2D eigenvalue weighted by Gasteiger charge is 2.67. The van der Waals surface area contributed by atoms with Gasteiger partial charge in [-0.2, -0.15) is 0 Å². The summed E-state index contributed by atoms with van der Waals surface area (Å²) in [5.74, 6) is 2.42. The number of ketones is 1. The number of hydrogen-bond donors (Lipinski definition) is 0. The highest BCUT2D eigenvalue weighted by Crippen LogP contribution is 2.71. The molecule has 0 amide bonds. The number of rotatable bonds is 2. The van der Waals surface area contributed by atoms with Gasteiger partial charge in [-0.25, -0.2) is 0 Å². The first kappa shape index (κ1) is 20.2. The van der Waals surface area contributed by atoms with Crippen LogP contribution in [0.2, 0.25) is 0 Å².